The predicted molar refractivity (Wildman–Crippen MR) is 67.2 cm³/mol. The van der Waals surface area contributed by atoms with Gasteiger partial charge in [0, 0.05) is 31.1 Å². The summed E-state index contributed by atoms with van der Waals surface area (Å²) in [6.07, 6.45) is 1.28. The molecule has 4 nitrogen and oxygen atoms in total. The summed E-state index contributed by atoms with van der Waals surface area (Å²) in [5.74, 6) is -2.77. The number of piperidine rings is 1. The van der Waals surface area contributed by atoms with E-state index in [1.54, 1.807) is 0 Å². The second-order valence-electron chi connectivity index (χ2n) is 4.99. The molecule has 1 aliphatic rings. The average molecular weight is 283 g/mol. The van der Waals surface area contributed by atoms with Crippen LogP contribution in [0.5, 0.6) is 0 Å². The van der Waals surface area contributed by atoms with E-state index in [0.29, 0.717) is 25.9 Å². The first-order valence-corrected chi connectivity index (χ1v) is 6.43. The van der Waals surface area contributed by atoms with Crippen molar-refractivity contribution in [2.45, 2.75) is 19.3 Å². The van der Waals surface area contributed by atoms with Crippen molar-refractivity contribution in [3.63, 3.8) is 0 Å². The molecule has 2 rings (SSSR count). The van der Waals surface area contributed by atoms with Crippen LogP contribution < -0.4 is 0 Å². The van der Waals surface area contributed by atoms with Crippen LogP contribution in [0.15, 0.2) is 18.2 Å². The maximum Gasteiger partial charge on any atom is 0.303 e. The smallest absolute Gasteiger partial charge is 0.303 e. The van der Waals surface area contributed by atoms with Gasteiger partial charge in [-0.1, -0.05) is 0 Å². The molecule has 0 bridgehead atoms. The fourth-order valence-electron chi connectivity index (χ4n) is 2.45. The Labute approximate surface area is 115 Å². The van der Waals surface area contributed by atoms with Crippen LogP contribution in [0.1, 0.15) is 29.6 Å². The summed E-state index contributed by atoms with van der Waals surface area (Å²) in [4.78, 5) is 24.2. The molecule has 108 valence electrons. The highest BCUT2D eigenvalue weighted by atomic mass is 19.1. The van der Waals surface area contributed by atoms with Crippen molar-refractivity contribution >= 4 is 11.9 Å². The normalized spacial score (nSPS) is 16.2. The van der Waals surface area contributed by atoms with E-state index in [4.69, 9.17) is 5.11 Å². The van der Waals surface area contributed by atoms with Gasteiger partial charge < -0.3 is 10.0 Å². The SMILES string of the molecule is O=C(O)CC1CCN(C(=O)c2cc(F)cc(F)c2)CC1. The second-order valence-corrected chi connectivity index (χ2v) is 4.99. The summed E-state index contributed by atoms with van der Waals surface area (Å²) in [5.41, 5.74) is -0.0146. The Morgan fingerprint density at radius 3 is 2.20 bits per heavy atom. The van der Waals surface area contributed by atoms with Crippen LogP contribution in [0.3, 0.4) is 0 Å². The third kappa shape index (κ3) is 3.53. The lowest BCUT2D eigenvalue weighted by Crippen LogP contribution is -2.39. The number of benzene rings is 1. The number of likely N-dealkylation sites (tertiary alicyclic amines) is 1. The van der Waals surface area contributed by atoms with Crippen molar-refractivity contribution in [3.05, 3.63) is 35.4 Å². The van der Waals surface area contributed by atoms with E-state index in [1.165, 1.54) is 4.90 Å². The molecule has 0 aliphatic carbocycles. The summed E-state index contributed by atoms with van der Waals surface area (Å²) in [6, 6.07) is 2.74. The van der Waals surface area contributed by atoms with E-state index in [9.17, 15) is 18.4 Å². The van der Waals surface area contributed by atoms with Crippen molar-refractivity contribution in [1.29, 1.82) is 0 Å². The standard InChI is InChI=1S/C14H15F2NO3/c15-11-6-10(7-12(16)8-11)14(20)17-3-1-9(2-4-17)5-13(18)19/h6-9H,1-5H2,(H,18,19). The van der Waals surface area contributed by atoms with Gasteiger partial charge in [-0.25, -0.2) is 8.78 Å². The minimum atomic E-state index is -0.845. The Balaban J connectivity index is 1.99. The first-order chi connectivity index (χ1) is 9.45. The first-order valence-electron chi connectivity index (χ1n) is 6.43. The number of carboxylic acids is 1. The fourth-order valence-corrected chi connectivity index (χ4v) is 2.45. The van der Waals surface area contributed by atoms with E-state index in [2.05, 4.69) is 0 Å². The van der Waals surface area contributed by atoms with Crippen LogP contribution in [-0.2, 0) is 4.79 Å². The summed E-state index contributed by atoms with van der Waals surface area (Å²) in [5, 5.41) is 8.72. The molecule has 0 spiro atoms. The highest BCUT2D eigenvalue weighted by Crippen LogP contribution is 2.22. The van der Waals surface area contributed by atoms with Crippen molar-refractivity contribution in [2.75, 3.05) is 13.1 Å². The molecule has 1 amide bonds. The summed E-state index contributed by atoms with van der Waals surface area (Å²) in [7, 11) is 0. The summed E-state index contributed by atoms with van der Waals surface area (Å²) >= 11 is 0. The number of hydrogen-bond acceptors (Lipinski definition) is 2. The van der Waals surface area contributed by atoms with Crippen molar-refractivity contribution in [3.8, 4) is 0 Å². The highest BCUT2D eigenvalue weighted by Gasteiger charge is 2.25. The zero-order valence-corrected chi connectivity index (χ0v) is 10.8. The van der Waals surface area contributed by atoms with E-state index >= 15 is 0 Å². The van der Waals surface area contributed by atoms with Crippen LogP contribution >= 0.6 is 0 Å². The van der Waals surface area contributed by atoms with Crippen molar-refractivity contribution in [1.82, 2.24) is 4.90 Å². The highest BCUT2D eigenvalue weighted by molar-refractivity contribution is 5.94. The van der Waals surface area contributed by atoms with Crippen LogP contribution in [0.4, 0.5) is 8.78 Å². The van der Waals surface area contributed by atoms with Gasteiger partial charge in [0.2, 0.25) is 0 Å². The Hall–Kier alpha value is -1.98. The zero-order chi connectivity index (χ0) is 14.7. The molecule has 0 atom stereocenters. The molecule has 1 aliphatic heterocycles. The topological polar surface area (TPSA) is 57.6 Å². The lowest BCUT2D eigenvalue weighted by molar-refractivity contribution is -0.138. The number of carbonyl (C=O) groups is 2. The van der Waals surface area contributed by atoms with Gasteiger partial charge in [-0.15, -0.1) is 0 Å². The molecule has 1 heterocycles. The summed E-state index contributed by atoms with van der Waals surface area (Å²) < 4.78 is 26.2. The first kappa shape index (κ1) is 14.4. The van der Waals surface area contributed by atoms with Gasteiger partial charge in [0.25, 0.3) is 5.91 Å². The van der Waals surface area contributed by atoms with Crippen molar-refractivity contribution in [2.24, 2.45) is 5.92 Å². The van der Waals surface area contributed by atoms with Gasteiger partial charge >= 0.3 is 5.97 Å². The van der Waals surface area contributed by atoms with Gasteiger partial charge in [-0.3, -0.25) is 9.59 Å². The zero-order valence-electron chi connectivity index (χ0n) is 10.8. The van der Waals surface area contributed by atoms with Crippen LogP contribution in [0.2, 0.25) is 0 Å². The van der Waals surface area contributed by atoms with E-state index in [1.807, 2.05) is 0 Å². The van der Waals surface area contributed by atoms with Crippen LogP contribution in [0.25, 0.3) is 0 Å². The largest absolute Gasteiger partial charge is 0.481 e. The Morgan fingerprint density at radius 1 is 1.15 bits per heavy atom. The Bertz CT molecular complexity index is 505. The molecule has 1 N–H and O–H groups in total. The molecule has 0 saturated carbocycles. The van der Waals surface area contributed by atoms with Crippen LogP contribution in [-0.4, -0.2) is 35.0 Å². The number of rotatable bonds is 3. The molecule has 1 aromatic carbocycles. The third-order valence-corrected chi connectivity index (χ3v) is 3.47. The molecular formula is C14H15F2NO3. The van der Waals surface area contributed by atoms with E-state index in [0.717, 1.165) is 18.2 Å². The predicted octanol–water partition coefficient (Wildman–Crippen LogP) is 2.29. The monoisotopic (exact) mass is 283 g/mol. The minimum absolute atomic E-state index is 0.0146. The second kappa shape index (κ2) is 5.98. The lowest BCUT2D eigenvalue weighted by atomic mass is 9.93. The van der Waals surface area contributed by atoms with Gasteiger partial charge in [-0.05, 0) is 30.9 Å². The molecule has 0 radical (unpaired) electrons. The van der Waals surface area contributed by atoms with Gasteiger partial charge in [0.05, 0.1) is 0 Å². The molecule has 1 aromatic rings. The molecule has 6 heteroatoms. The fraction of sp³-hybridized carbons (Fsp3) is 0.429. The van der Waals surface area contributed by atoms with Gasteiger partial charge in [0.1, 0.15) is 11.6 Å². The van der Waals surface area contributed by atoms with Gasteiger partial charge in [-0.2, -0.15) is 0 Å². The van der Waals surface area contributed by atoms with E-state index in [-0.39, 0.29) is 17.9 Å². The van der Waals surface area contributed by atoms with Crippen molar-refractivity contribution < 1.29 is 23.5 Å². The maximum atomic E-state index is 13.1. The van der Waals surface area contributed by atoms with Gasteiger partial charge in [0.15, 0.2) is 0 Å². The number of halogens is 2. The van der Waals surface area contributed by atoms with Crippen LogP contribution in [0, 0.1) is 17.6 Å². The number of aliphatic carboxylic acids is 1. The maximum absolute atomic E-state index is 13.1. The lowest BCUT2D eigenvalue weighted by Gasteiger charge is -2.31. The van der Waals surface area contributed by atoms with E-state index < -0.39 is 23.5 Å². The number of hydrogen-bond donors (Lipinski definition) is 1. The minimum Gasteiger partial charge on any atom is -0.481 e. The Kier molecular flexibility index (Phi) is 4.32. The number of amides is 1. The number of nitrogens with zero attached hydrogens (tertiary/aromatic N) is 1. The number of carbonyl (C=O) groups excluding carboxylic acids is 1. The Morgan fingerprint density at radius 2 is 1.70 bits per heavy atom. The third-order valence-electron chi connectivity index (χ3n) is 3.47. The molecule has 20 heavy (non-hydrogen) atoms. The molecule has 1 fully saturated rings. The molecule has 0 unspecified atom stereocenters. The number of carboxylic acid groups (broad SMARTS) is 1. The quantitative estimate of drug-likeness (QED) is 0.926. The molecular weight excluding hydrogens is 268 g/mol. The molecule has 1 saturated heterocycles. The molecule has 0 aromatic heterocycles. The summed E-state index contributed by atoms with van der Waals surface area (Å²) in [6.45, 7) is 0.823. The average Bonchev–Trinajstić information content (AvgIpc) is 2.37.